The monoisotopic (exact) mass is 312 g/mol. The zero-order valence-corrected chi connectivity index (χ0v) is 13.5. The molecule has 23 heavy (non-hydrogen) atoms. The highest BCUT2D eigenvalue weighted by Gasteiger charge is 2.16. The minimum Gasteiger partial charge on any atom is -0.337 e. The van der Waals surface area contributed by atoms with Gasteiger partial charge < -0.3 is 9.84 Å². The average molecular weight is 312 g/mol. The van der Waals surface area contributed by atoms with Crippen molar-refractivity contribution in [3.63, 3.8) is 0 Å². The van der Waals surface area contributed by atoms with Crippen LogP contribution in [0.3, 0.4) is 0 Å². The van der Waals surface area contributed by atoms with Gasteiger partial charge in [-0.15, -0.1) is 0 Å². The Balaban J connectivity index is 1.59. The van der Waals surface area contributed by atoms with Gasteiger partial charge in [-0.25, -0.2) is 0 Å². The third kappa shape index (κ3) is 3.62. The largest absolute Gasteiger partial charge is 0.337 e. The summed E-state index contributed by atoms with van der Waals surface area (Å²) in [6, 6.07) is 6.03. The molecule has 3 rings (SSSR count). The van der Waals surface area contributed by atoms with Crippen LogP contribution < -0.4 is 5.32 Å². The zero-order chi connectivity index (χ0) is 16.2. The molecule has 0 fully saturated rings. The second-order valence-corrected chi connectivity index (χ2v) is 5.63. The Hall–Kier alpha value is -2.54. The minimum atomic E-state index is 0.208. The van der Waals surface area contributed by atoms with Crippen LogP contribution in [0.2, 0.25) is 0 Å². The maximum absolute atomic E-state index is 5.27. The van der Waals surface area contributed by atoms with Gasteiger partial charge >= 0.3 is 0 Å². The van der Waals surface area contributed by atoms with Crippen LogP contribution in [0.25, 0.3) is 11.5 Å². The summed E-state index contributed by atoms with van der Waals surface area (Å²) in [6.45, 7) is 6.77. The van der Waals surface area contributed by atoms with Gasteiger partial charge in [0, 0.05) is 18.4 Å². The summed E-state index contributed by atoms with van der Waals surface area (Å²) in [4.78, 5) is 8.57. The molecule has 0 saturated heterocycles. The van der Waals surface area contributed by atoms with Crippen LogP contribution in [0.5, 0.6) is 0 Å². The predicted molar refractivity (Wildman–Crippen MR) is 85.5 cm³/mol. The summed E-state index contributed by atoms with van der Waals surface area (Å²) in [5.41, 5.74) is 1.86. The Morgan fingerprint density at radius 2 is 2.17 bits per heavy atom. The summed E-state index contributed by atoms with van der Waals surface area (Å²) in [5, 5.41) is 11.7. The molecule has 0 aliphatic heterocycles. The van der Waals surface area contributed by atoms with E-state index in [0.717, 1.165) is 5.56 Å². The molecule has 120 valence electrons. The summed E-state index contributed by atoms with van der Waals surface area (Å²) in [5.74, 6) is 1.05. The Bertz CT molecular complexity index is 751. The van der Waals surface area contributed by atoms with Crippen molar-refractivity contribution in [1.29, 1.82) is 0 Å². The number of rotatable bonds is 6. The molecule has 0 amide bonds. The number of pyridine rings is 1. The van der Waals surface area contributed by atoms with E-state index in [-0.39, 0.29) is 12.1 Å². The molecular weight excluding hydrogens is 292 g/mol. The number of nitrogens with one attached hydrogen (secondary N) is 1. The molecular formula is C16H20N6O. The lowest BCUT2D eigenvalue weighted by Gasteiger charge is -2.20. The molecule has 2 atom stereocenters. The number of aromatic nitrogens is 5. The lowest BCUT2D eigenvalue weighted by molar-refractivity contribution is 0.325. The predicted octanol–water partition coefficient (Wildman–Crippen LogP) is 2.38. The molecule has 7 heteroatoms. The SMILES string of the molecule is Cc1cnn(C(C)C(C)NCc2nc(-c3ccccn3)no2)c1. The normalized spacial score (nSPS) is 13.9. The van der Waals surface area contributed by atoms with Gasteiger partial charge in [0.1, 0.15) is 5.69 Å². The number of aryl methyl sites for hydroxylation is 1. The molecule has 0 bridgehead atoms. The lowest BCUT2D eigenvalue weighted by Crippen LogP contribution is -2.33. The second-order valence-electron chi connectivity index (χ2n) is 5.63. The number of hydrogen-bond donors (Lipinski definition) is 1. The van der Waals surface area contributed by atoms with Crippen LogP contribution in [-0.2, 0) is 6.54 Å². The first kappa shape index (κ1) is 15.4. The van der Waals surface area contributed by atoms with Crippen LogP contribution in [0.15, 0.2) is 41.3 Å². The van der Waals surface area contributed by atoms with Crippen molar-refractivity contribution < 1.29 is 4.52 Å². The molecule has 0 aliphatic carbocycles. The standard InChI is InChI=1S/C16H20N6O/c1-11-8-19-22(10-11)13(3)12(2)18-9-15-20-16(21-23-15)14-6-4-5-7-17-14/h4-8,10,12-13,18H,9H2,1-3H3. The third-order valence-electron chi connectivity index (χ3n) is 3.81. The summed E-state index contributed by atoms with van der Waals surface area (Å²) in [7, 11) is 0. The molecule has 0 saturated carbocycles. The highest BCUT2D eigenvalue weighted by Crippen LogP contribution is 2.14. The van der Waals surface area contributed by atoms with Gasteiger partial charge in [0.15, 0.2) is 0 Å². The van der Waals surface area contributed by atoms with E-state index in [1.165, 1.54) is 0 Å². The summed E-state index contributed by atoms with van der Waals surface area (Å²) < 4.78 is 7.23. The van der Waals surface area contributed by atoms with E-state index < -0.39 is 0 Å². The topological polar surface area (TPSA) is 81.7 Å². The molecule has 0 aliphatic rings. The fourth-order valence-corrected chi connectivity index (χ4v) is 2.23. The van der Waals surface area contributed by atoms with E-state index in [2.05, 4.69) is 39.4 Å². The fraction of sp³-hybridized carbons (Fsp3) is 0.375. The Kier molecular flexibility index (Phi) is 4.47. The number of hydrogen-bond acceptors (Lipinski definition) is 6. The Morgan fingerprint density at radius 1 is 1.30 bits per heavy atom. The smallest absolute Gasteiger partial charge is 0.240 e. The van der Waals surface area contributed by atoms with Crippen molar-refractivity contribution in [3.05, 3.63) is 48.2 Å². The molecule has 3 heterocycles. The first-order valence-electron chi connectivity index (χ1n) is 7.61. The van der Waals surface area contributed by atoms with E-state index in [1.807, 2.05) is 42.2 Å². The maximum atomic E-state index is 5.27. The molecule has 1 N–H and O–H groups in total. The van der Waals surface area contributed by atoms with E-state index in [0.29, 0.717) is 24.0 Å². The van der Waals surface area contributed by atoms with Gasteiger partial charge in [-0.2, -0.15) is 10.1 Å². The fourth-order valence-electron chi connectivity index (χ4n) is 2.23. The van der Waals surface area contributed by atoms with Gasteiger partial charge in [-0.1, -0.05) is 11.2 Å². The van der Waals surface area contributed by atoms with Crippen LogP contribution in [0.1, 0.15) is 31.3 Å². The molecule has 0 aromatic carbocycles. The number of nitrogens with zero attached hydrogens (tertiary/aromatic N) is 5. The average Bonchev–Trinajstić information content (AvgIpc) is 3.22. The van der Waals surface area contributed by atoms with Crippen LogP contribution in [0.4, 0.5) is 0 Å². The van der Waals surface area contributed by atoms with Crippen molar-refractivity contribution in [2.24, 2.45) is 0 Å². The first-order chi connectivity index (χ1) is 11.1. The Labute approximate surface area is 134 Å². The van der Waals surface area contributed by atoms with Crippen LogP contribution >= 0.6 is 0 Å². The molecule has 3 aromatic rings. The van der Waals surface area contributed by atoms with Crippen molar-refractivity contribution in [2.75, 3.05) is 0 Å². The van der Waals surface area contributed by atoms with Gasteiger partial charge in [0.2, 0.25) is 11.7 Å². The van der Waals surface area contributed by atoms with E-state index >= 15 is 0 Å². The van der Waals surface area contributed by atoms with Gasteiger partial charge in [0.25, 0.3) is 0 Å². The van der Waals surface area contributed by atoms with E-state index in [1.54, 1.807) is 6.20 Å². The van der Waals surface area contributed by atoms with Crippen molar-refractivity contribution in [3.8, 4) is 11.5 Å². The molecule has 0 spiro atoms. The maximum Gasteiger partial charge on any atom is 0.240 e. The molecule has 0 radical (unpaired) electrons. The van der Waals surface area contributed by atoms with Crippen molar-refractivity contribution in [1.82, 2.24) is 30.2 Å². The summed E-state index contributed by atoms with van der Waals surface area (Å²) >= 11 is 0. The van der Waals surface area contributed by atoms with Gasteiger partial charge in [0.05, 0.1) is 18.8 Å². The quantitative estimate of drug-likeness (QED) is 0.752. The van der Waals surface area contributed by atoms with E-state index in [4.69, 9.17) is 4.52 Å². The summed E-state index contributed by atoms with van der Waals surface area (Å²) in [6.07, 6.45) is 5.61. The molecule has 3 aromatic heterocycles. The van der Waals surface area contributed by atoms with E-state index in [9.17, 15) is 0 Å². The van der Waals surface area contributed by atoms with Gasteiger partial charge in [-0.3, -0.25) is 9.67 Å². The lowest BCUT2D eigenvalue weighted by atomic mass is 10.2. The second kappa shape index (κ2) is 6.70. The highest BCUT2D eigenvalue weighted by molar-refractivity contribution is 5.46. The molecule has 7 nitrogen and oxygen atoms in total. The first-order valence-corrected chi connectivity index (χ1v) is 7.61. The Morgan fingerprint density at radius 3 is 2.87 bits per heavy atom. The van der Waals surface area contributed by atoms with Crippen LogP contribution in [-0.4, -0.2) is 30.9 Å². The highest BCUT2D eigenvalue weighted by atomic mass is 16.5. The zero-order valence-electron chi connectivity index (χ0n) is 13.5. The minimum absolute atomic E-state index is 0.208. The third-order valence-corrected chi connectivity index (χ3v) is 3.81. The molecule has 2 unspecified atom stereocenters. The van der Waals surface area contributed by atoms with Crippen LogP contribution in [0, 0.1) is 6.92 Å². The van der Waals surface area contributed by atoms with Gasteiger partial charge in [-0.05, 0) is 38.5 Å². The van der Waals surface area contributed by atoms with Crippen molar-refractivity contribution in [2.45, 2.75) is 39.4 Å². The van der Waals surface area contributed by atoms with Crippen molar-refractivity contribution >= 4 is 0 Å².